The summed E-state index contributed by atoms with van der Waals surface area (Å²) in [6.45, 7) is 2.71. The van der Waals surface area contributed by atoms with E-state index in [2.05, 4.69) is 18.9 Å². The number of nitriles is 2. The van der Waals surface area contributed by atoms with Crippen molar-refractivity contribution in [2.75, 3.05) is 11.5 Å². The second kappa shape index (κ2) is 8.94. The third kappa shape index (κ3) is 6.16. The lowest BCUT2D eigenvalue weighted by atomic mass is 10.1. The summed E-state index contributed by atoms with van der Waals surface area (Å²) in [4.78, 5) is 0. The van der Waals surface area contributed by atoms with Gasteiger partial charge in [-0.15, -0.1) is 0 Å². The van der Waals surface area contributed by atoms with Crippen LogP contribution in [0.3, 0.4) is 0 Å². The van der Waals surface area contributed by atoms with Gasteiger partial charge in [0.1, 0.15) is 12.1 Å². The lowest BCUT2D eigenvalue weighted by Gasteiger charge is -2.02. The molecule has 0 unspecified atom stereocenters. The van der Waals surface area contributed by atoms with Crippen molar-refractivity contribution in [3.05, 3.63) is 35.4 Å². The zero-order valence-electron chi connectivity index (χ0n) is 13.8. The minimum Gasteiger partial charge on any atom is -0.267 e. The molecule has 0 aliphatic carbocycles. The number of oxime groups is 2. The van der Waals surface area contributed by atoms with Gasteiger partial charge in [-0.05, 0) is 13.8 Å². The van der Waals surface area contributed by atoms with Gasteiger partial charge >= 0.3 is 20.2 Å². The molecular weight excluding hydrogens is 384 g/mol. The van der Waals surface area contributed by atoms with Crippen molar-refractivity contribution < 1.29 is 25.4 Å². The van der Waals surface area contributed by atoms with Crippen LogP contribution < -0.4 is 0 Å². The van der Waals surface area contributed by atoms with Gasteiger partial charge in [-0.3, -0.25) is 8.57 Å². The molecule has 12 heteroatoms. The molecule has 0 aromatic heterocycles. The van der Waals surface area contributed by atoms with E-state index >= 15 is 0 Å². The Morgan fingerprint density at radius 3 is 1.38 bits per heavy atom. The highest BCUT2D eigenvalue weighted by atomic mass is 32.2. The Morgan fingerprint density at radius 1 is 0.846 bits per heavy atom. The van der Waals surface area contributed by atoms with Gasteiger partial charge < -0.3 is 0 Å². The van der Waals surface area contributed by atoms with Crippen LogP contribution in [-0.4, -0.2) is 39.8 Å². The molecule has 1 aromatic rings. The van der Waals surface area contributed by atoms with Crippen LogP contribution in [0.25, 0.3) is 0 Å². The molecule has 1 aromatic carbocycles. The number of rotatable bonds is 8. The first-order valence-electron chi connectivity index (χ1n) is 7.07. The van der Waals surface area contributed by atoms with Crippen LogP contribution in [0.4, 0.5) is 0 Å². The monoisotopic (exact) mass is 398 g/mol. The van der Waals surface area contributed by atoms with Crippen molar-refractivity contribution in [3.8, 4) is 12.1 Å². The van der Waals surface area contributed by atoms with Crippen LogP contribution in [0.5, 0.6) is 0 Å². The summed E-state index contributed by atoms with van der Waals surface area (Å²) in [5.41, 5.74) is -0.147. The van der Waals surface area contributed by atoms with Gasteiger partial charge in [0.15, 0.2) is 11.4 Å². The number of nitrogens with zero attached hydrogens (tertiary/aromatic N) is 4. The standard InChI is InChI=1S/C14H14N4O6S2/c1-3-25(19,20)23-17-13(9-15)11-5-7-12(8-6-11)14(10-16)18-24-26(21,22)4-2/h5-8H,3-4H2,1-2H3/b17-13-,18-14+. The van der Waals surface area contributed by atoms with Gasteiger partial charge in [0.25, 0.3) is 0 Å². The molecule has 138 valence electrons. The van der Waals surface area contributed by atoms with Crippen LogP contribution in [0.1, 0.15) is 25.0 Å². The van der Waals surface area contributed by atoms with Gasteiger partial charge in [0.05, 0.1) is 11.5 Å². The largest absolute Gasteiger partial charge is 0.328 e. The van der Waals surface area contributed by atoms with Crippen molar-refractivity contribution in [2.24, 2.45) is 10.3 Å². The quantitative estimate of drug-likeness (QED) is 0.460. The van der Waals surface area contributed by atoms with E-state index in [0.29, 0.717) is 0 Å². The van der Waals surface area contributed by atoms with E-state index in [9.17, 15) is 16.8 Å². The Morgan fingerprint density at radius 2 is 1.15 bits per heavy atom. The fourth-order valence-electron chi connectivity index (χ4n) is 1.35. The summed E-state index contributed by atoms with van der Waals surface area (Å²) in [5.74, 6) is -0.617. The maximum absolute atomic E-state index is 11.3. The highest BCUT2D eigenvalue weighted by molar-refractivity contribution is 7.86. The predicted molar refractivity (Wildman–Crippen MR) is 91.8 cm³/mol. The third-order valence-electron chi connectivity index (χ3n) is 2.83. The molecule has 1 rings (SSSR count). The van der Waals surface area contributed by atoms with Crippen LogP contribution in [0.15, 0.2) is 34.6 Å². The molecule has 10 nitrogen and oxygen atoms in total. The number of benzene rings is 1. The summed E-state index contributed by atoms with van der Waals surface area (Å²) in [6, 6.07) is 8.83. The fraction of sp³-hybridized carbons (Fsp3) is 0.286. The Labute approximate surface area is 151 Å². The van der Waals surface area contributed by atoms with E-state index in [0.717, 1.165) is 0 Å². The van der Waals surface area contributed by atoms with E-state index in [1.165, 1.54) is 38.1 Å². The molecule has 0 aliphatic heterocycles. The maximum atomic E-state index is 11.3. The Bertz CT molecular complexity index is 914. The molecular formula is C14H14N4O6S2. The van der Waals surface area contributed by atoms with Crippen molar-refractivity contribution in [1.82, 2.24) is 0 Å². The first-order valence-corrected chi connectivity index (χ1v) is 10.2. The SMILES string of the molecule is CCS(=O)(=O)O/N=C(\C#N)c1ccc(/C(C#N)=N\OS(=O)(=O)CC)cc1. The predicted octanol–water partition coefficient (Wildman–Crippen LogP) is 0.875. The van der Waals surface area contributed by atoms with E-state index in [1.807, 2.05) is 0 Å². The molecule has 0 amide bonds. The lowest BCUT2D eigenvalue weighted by Crippen LogP contribution is -2.08. The Kier molecular flexibility index (Phi) is 7.25. The molecule has 0 atom stereocenters. The van der Waals surface area contributed by atoms with E-state index < -0.39 is 20.2 Å². The molecule has 0 heterocycles. The minimum absolute atomic E-state index is 0.224. The number of hydrogen-bond donors (Lipinski definition) is 0. The second-order valence-corrected chi connectivity index (χ2v) is 8.21. The smallest absolute Gasteiger partial charge is 0.267 e. The normalized spacial score (nSPS) is 12.8. The second-order valence-electron chi connectivity index (χ2n) is 4.52. The third-order valence-corrected chi connectivity index (χ3v) is 4.85. The average molecular weight is 398 g/mol. The molecule has 0 spiro atoms. The summed E-state index contributed by atoms with van der Waals surface area (Å²) in [5, 5.41) is 24.7. The van der Waals surface area contributed by atoms with E-state index in [-0.39, 0.29) is 34.1 Å². The van der Waals surface area contributed by atoms with E-state index in [1.54, 1.807) is 12.1 Å². The first-order chi connectivity index (χ1) is 12.2. The fourth-order valence-corrected chi connectivity index (χ4v) is 1.94. The molecule has 0 bridgehead atoms. The summed E-state index contributed by atoms with van der Waals surface area (Å²) >= 11 is 0. The topological polar surface area (TPSA) is 159 Å². The summed E-state index contributed by atoms with van der Waals surface area (Å²) in [7, 11) is -7.71. The zero-order chi connectivity index (χ0) is 19.8. The van der Waals surface area contributed by atoms with Crippen molar-refractivity contribution in [1.29, 1.82) is 10.5 Å². The number of hydrogen-bond acceptors (Lipinski definition) is 10. The van der Waals surface area contributed by atoms with Gasteiger partial charge in [-0.2, -0.15) is 27.4 Å². The van der Waals surface area contributed by atoms with Crippen molar-refractivity contribution in [2.45, 2.75) is 13.8 Å². The van der Waals surface area contributed by atoms with Crippen LogP contribution in [0.2, 0.25) is 0 Å². The lowest BCUT2D eigenvalue weighted by molar-refractivity contribution is 0.339. The molecule has 0 radical (unpaired) electrons. The van der Waals surface area contributed by atoms with Crippen molar-refractivity contribution in [3.63, 3.8) is 0 Å². The molecule has 0 fully saturated rings. The average Bonchev–Trinajstić information content (AvgIpc) is 2.63. The van der Waals surface area contributed by atoms with Crippen LogP contribution in [0, 0.1) is 22.7 Å². The minimum atomic E-state index is -3.86. The molecule has 0 aliphatic rings. The highest BCUT2D eigenvalue weighted by Gasteiger charge is 2.12. The van der Waals surface area contributed by atoms with Crippen LogP contribution >= 0.6 is 0 Å². The summed E-state index contributed by atoms with van der Waals surface area (Å²) in [6.07, 6.45) is 0. The van der Waals surface area contributed by atoms with Gasteiger partial charge in [-0.1, -0.05) is 34.6 Å². The Hall–Kier alpha value is -2.96. The van der Waals surface area contributed by atoms with Gasteiger partial charge in [0.2, 0.25) is 0 Å². The maximum Gasteiger partial charge on any atom is 0.328 e. The molecule has 0 saturated carbocycles. The van der Waals surface area contributed by atoms with Gasteiger partial charge in [0, 0.05) is 11.1 Å². The highest BCUT2D eigenvalue weighted by Crippen LogP contribution is 2.09. The first kappa shape index (κ1) is 21.1. The molecule has 26 heavy (non-hydrogen) atoms. The Balaban J connectivity index is 3.10. The van der Waals surface area contributed by atoms with E-state index in [4.69, 9.17) is 10.5 Å². The van der Waals surface area contributed by atoms with Crippen LogP contribution in [-0.2, 0) is 28.8 Å². The molecule has 0 N–H and O–H groups in total. The van der Waals surface area contributed by atoms with Gasteiger partial charge in [-0.25, -0.2) is 0 Å². The van der Waals surface area contributed by atoms with Crippen molar-refractivity contribution >= 4 is 31.7 Å². The molecule has 0 saturated heterocycles. The summed E-state index contributed by atoms with van der Waals surface area (Å²) < 4.78 is 53.7. The zero-order valence-corrected chi connectivity index (χ0v) is 15.4.